The van der Waals surface area contributed by atoms with Crippen LogP contribution in [0.1, 0.15) is 24.6 Å². The van der Waals surface area contributed by atoms with Gasteiger partial charge in [0, 0.05) is 31.8 Å². The van der Waals surface area contributed by atoms with Crippen LogP contribution in [0.25, 0.3) is 6.08 Å². The Morgan fingerprint density at radius 1 is 1.47 bits per heavy atom. The normalized spacial score (nSPS) is 15.9. The largest absolute Gasteiger partial charge is 0.478 e. The lowest BCUT2D eigenvalue weighted by Gasteiger charge is -2.28. The average Bonchev–Trinajstić information content (AvgIpc) is 2.61. The lowest BCUT2D eigenvalue weighted by Crippen LogP contribution is -2.31. The molecule has 0 spiro atoms. The maximum atomic E-state index is 10.7. The minimum absolute atomic E-state index is 0.849. The third-order valence-corrected chi connectivity index (χ3v) is 3.26. The predicted molar refractivity (Wildman–Crippen MR) is 75.2 cm³/mol. The molecule has 0 fully saturated rings. The van der Waals surface area contributed by atoms with Crippen molar-refractivity contribution in [1.82, 2.24) is 9.78 Å². The fourth-order valence-electron chi connectivity index (χ4n) is 2.48. The molecule has 0 atom stereocenters. The van der Waals surface area contributed by atoms with Gasteiger partial charge in [-0.05, 0) is 26.3 Å². The minimum Gasteiger partial charge on any atom is -0.478 e. The van der Waals surface area contributed by atoms with E-state index in [9.17, 15) is 4.79 Å². The van der Waals surface area contributed by atoms with Crippen molar-refractivity contribution in [2.24, 2.45) is 7.05 Å². The molecular formula is C14H19N3O2. The molecule has 0 saturated heterocycles. The van der Waals surface area contributed by atoms with E-state index in [0.717, 1.165) is 36.6 Å². The summed E-state index contributed by atoms with van der Waals surface area (Å²) < 4.78 is 1.83. The predicted octanol–water partition coefficient (Wildman–Crippen LogP) is 1.98. The smallest absolute Gasteiger partial charge is 0.328 e. The Balaban J connectivity index is 2.39. The Hall–Kier alpha value is -2.04. The van der Waals surface area contributed by atoms with Gasteiger partial charge in [-0.15, -0.1) is 0 Å². The van der Waals surface area contributed by atoms with Crippen LogP contribution in [-0.4, -0.2) is 33.9 Å². The van der Waals surface area contributed by atoms with E-state index in [0.29, 0.717) is 0 Å². The highest BCUT2D eigenvalue weighted by Crippen LogP contribution is 2.27. The van der Waals surface area contributed by atoms with Crippen molar-refractivity contribution in [2.75, 3.05) is 18.0 Å². The van der Waals surface area contributed by atoms with Crippen LogP contribution in [0.2, 0.25) is 0 Å². The molecule has 0 radical (unpaired) electrons. The molecule has 1 aliphatic heterocycles. The van der Waals surface area contributed by atoms with Crippen LogP contribution in [0, 0.1) is 6.92 Å². The Bertz CT molecular complexity index is 555. The summed E-state index contributed by atoms with van der Waals surface area (Å²) in [6, 6.07) is 0. The number of aromatic nitrogens is 2. The molecule has 0 bridgehead atoms. The molecule has 0 saturated carbocycles. The molecule has 2 rings (SSSR count). The van der Waals surface area contributed by atoms with Gasteiger partial charge < -0.3 is 10.0 Å². The van der Waals surface area contributed by atoms with Gasteiger partial charge in [-0.2, -0.15) is 5.10 Å². The van der Waals surface area contributed by atoms with Gasteiger partial charge in [-0.3, -0.25) is 4.68 Å². The van der Waals surface area contributed by atoms with E-state index in [1.165, 1.54) is 11.6 Å². The highest BCUT2D eigenvalue weighted by Gasteiger charge is 2.19. The zero-order valence-corrected chi connectivity index (χ0v) is 11.6. The Labute approximate surface area is 112 Å². The number of nitrogens with zero attached hydrogens (tertiary/aromatic N) is 3. The minimum atomic E-state index is -0.941. The van der Waals surface area contributed by atoms with Crippen LogP contribution >= 0.6 is 0 Å². The molecule has 2 heterocycles. The van der Waals surface area contributed by atoms with E-state index in [1.807, 2.05) is 18.7 Å². The Kier molecular flexibility index (Phi) is 3.74. The van der Waals surface area contributed by atoms with Gasteiger partial charge in [0.2, 0.25) is 0 Å². The molecule has 0 amide bonds. The van der Waals surface area contributed by atoms with E-state index in [4.69, 9.17) is 5.11 Å². The SMILES string of the molecule is CC1=CCCN(c2c(/C=C/C(=O)O)c(C)nn2C)C1. The highest BCUT2D eigenvalue weighted by molar-refractivity contribution is 5.87. The molecule has 1 aliphatic rings. The molecule has 1 N–H and O–H groups in total. The van der Waals surface area contributed by atoms with Gasteiger partial charge in [0.15, 0.2) is 0 Å². The number of carbonyl (C=O) groups is 1. The van der Waals surface area contributed by atoms with E-state index < -0.39 is 5.97 Å². The number of aryl methyl sites for hydroxylation is 2. The quantitative estimate of drug-likeness (QED) is 0.667. The van der Waals surface area contributed by atoms with Crippen molar-refractivity contribution in [3.63, 3.8) is 0 Å². The summed E-state index contributed by atoms with van der Waals surface area (Å²) in [7, 11) is 1.90. The molecule has 5 heteroatoms. The van der Waals surface area contributed by atoms with Gasteiger partial charge in [0.05, 0.1) is 5.69 Å². The lowest BCUT2D eigenvalue weighted by molar-refractivity contribution is -0.131. The monoisotopic (exact) mass is 261 g/mol. The summed E-state index contributed by atoms with van der Waals surface area (Å²) in [6.07, 6.45) is 6.05. The third-order valence-electron chi connectivity index (χ3n) is 3.26. The Morgan fingerprint density at radius 3 is 2.84 bits per heavy atom. The van der Waals surface area contributed by atoms with Crippen LogP contribution in [0.4, 0.5) is 5.82 Å². The van der Waals surface area contributed by atoms with Gasteiger partial charge >= 0.3 is 5.97 Å². The third kappa shape index (κ3) is 2.86. The molecule has 0 aromatic carbocycles. The topological polar surface area (TPSA) is 58.4 Å². The second-order valence-electron chi connectivity index (χ2n) is 4.88. The molecule has 5 nitrogen and oxygen atoms in total. The number of anilines is 1. The number of carboxylic acids is 1. The molecular weight excluding hydrogens is 242 g/mol. The lowest BCUT2D eigenvalue weighted by atomic mass is 10.1. The first-order valence-corrected chi connectivity index (χ1v) is 6.34. The van der Waals surface area contributed by atoms with Crippen LogP contribution in [0.5, 0.6) is 0 Å². The summed E-state index contributed by atoms with van der Waals surface area (Å²) in [5.74, 6) is 0.0476. The standard InChI is InChI=1S/C14H19N3O2/c1-10-5-4-8-17(9-10)14-12(6-7-13(18)19)11(2)15-16(14)3/h5-7H,4,8-9H2,1-3H3,(H,18,19)/b7-6+. The first-order valence-electron chi connectivity index (χ1n) is 6.34. The second kappa shape index (κ2) is 5.30. The second-order valence-corrected chi connectivity index (χ2v) is 4.88. The zero-order chi connectivity index (χ0) is 14.0. The summed E-state index contributed by atoms with van der Waals surface area (Å²) in [6.45, 7) is 5.82. The molecule has 19 heavy (non-hydrogen) atoms. The number of aliphatic carboxylic acids is 1. The summed E-state index contributed by atoms with van der Waals surface area (Å²) in [5.41, 5.74) is 3.07. The van der Waals surface area contributed by atoms with Crippen LogP contribution in [-0.2, 0) is 11.8 Å². The number of carboxylic acid groups (broad SMARTS) is 1. The fourth-order valence-corrected chi connectivity index (χ4v) is 2.48. The summed E-state index contributed by atoms with van der Waals surface area (Å²) in [4.78, 5) is 12.9. The summed E-state index contributed by atoms with van der Waals surface area (Å²) >= 11 is 0. The number of hydrogen-bond acceptors (Lipinski definition) is 3. The van der Waals surface area contributed by atoms with E-state index >= 15 is 0 Å². The molecule has 0 unspecified atom stereocenters. The summed E-state index contributed by atoms with van der Waals surface area (Å²) in [5, 5.41) is 13.2. The van der Waals surface area contributed by atoms with E-state index in [1.54, 1.807) is 6.08 Å². The van der Waals surface area contributed by atoms with Crippen LogP contribution < -0.4 is 4.90 Å². The zero-order valence-electron chi connectivity index (χ0n) is 11.6. The molecule has 102 valence electrons. The molecule has 1 aromatic rings. The van der Waals surface area contributed by atoms with Gasteiger partial charge in [-0.25, -0.2) is 4.79 Å². The van der Waals surface area contributed by atoms with Gasteiger partial charge in [0.25, 0.3) is 0 Å². The molecule has 0 aliphatic carbocycles. The van der Waals surface area contributed by atoms with Crippen molar-refractivity contribution in [3.05, 3.63) is 29.0 Å². The highest BCUT2D eigenvalue weighted by atomic mass is 16.4. The maximum Gasteiger partial charge on any atom is 0.328 e. The fraction of sp³-hybridized carbons (Fsp3) is 0.429. The van der Waals surface area contributed by atoms with E-state index in [2.05, 4.69) is 23.0 Å². The van der Waals surface area contributed by atoms with Gasteiger partial charge in [0.1, 0.15) is 5.82 Å². The van der Waals surface area contributed by atoms with Crippen LogP contribution in [0.3, 0.4) is 0 Å². The van der Waals surface area contributed by atoms with Crippen molar-refractivity contribution in [2.45, 2.75) is 20.3 Å². The van der Waals surface area contributed by atoms with Crippen molar-refractivity contribution >= 4 is 17.9 Å². The van der Waals surface area contributed by atoms with Crippen molar-refractivity contribution in [1.29, 1.82) is 0 Å². The van der Waals surface area contributed by atoms with Crippen molar-refractivity contribution < 1.29 is 9.90 Å². The Morgan fingerprint density at radius 2 is 2.21 bits per heavy atom. The average molecular weight is 261 g/mol. The van der Waals surface area contributed by atoms with E-state index in [-0.39, 0.29) is 0 Å². The molecule has 1 aromatic heterocycles. The number of rotatable bonds is 3. The maximum absolute atomic E-state index is 10.7. The van der Waals surface area contributed by atoms with Crippen molar-refractivity contribution in [3.8, 4) is 0 Å². The first-order chi connectivity index (χ1) is 8.99. The van der Waals surface area contributed by atoms with Gasteiger partial charge in [-0.1, -0.05) is 11.6 Å². The number of hydrogen-bond donors (Lipinski definition) is 1. The first kappa shape index (κ1) is 13.4. The van der Waals surface area contributed by atoms with Crippen LogP contribution in [0.15, 0.2) is 17.7 Å².